The molecule has 0 bridgehead atoms. The fraction of sp³-hybridized carbons (Fsp3) is 0.786. The highest BCUT2D eigenvalue weighted by Gasteiger charge is 2.50. The molecule has 33 heavy (non-hydrogen) atoms. The van der Waals surface area contributed by atoms with Crippen LogP contribution in [-0.2, 0) is 9.59 Å². The summed E-state index contributed by atoms with van der Waals surface area (Å²) < 4.78 is 0. The topological polar surface area (TPSA) is 92.4 Å². The average Bonchev–Trinajstić information content (AvgIpc) is 2.79. The predicted octanol–water partition coefficient (Wildman–Crippen LogP) is 6.87. The Hall–Kier alpha value is -1.78. The zero-order valence-corrected chi connectivity index (χ0v) is 21.4. The fourth-order valence-corrected chi connectivity index (χ4v) is 5.07. The van der Waals surface area contributed by atoms with Crippen LogP contribution in [0.15, 0.2) is 23.9 Å². The monoisotopic (exact) mass is 462 g/mol. The van der Waals surface area contributed by atoms with Crippen LogP contribution in [0, 0.1) is 11.3 Å². The third-order valence-electron chi connectivity index (χ3n) is 7.02. The molecule has 190 valence electrons. The van der Waals surface area contributed by atoms with Gasteiger partial charge >= 0.3 is 5.97 Å². The van der Waals surface area contributed by atoms with E-state index in [0.29, 0.717) is 18.5 Å². The van der Waals surface area contributed by atoms with Gasteiger partial charge in [0.2, 0.25) is 5.91 Å². The summed E-state index contributed by atoms with van der Waals surface area (Å²) in [5, 5.41) is 13.0. The molecule has 2 unspecified atom stereocenters. The molecule has 0 aromatic rings. The summed E-state index contributed by atoms with van der Waals surface area (Å²) in [6.07, 6.45) is 26.1. The van der Waals surface area contributed by atoms with Crippen LogP contribution in [0.2, 0.25) is 0 Å². The Morgan fingerprint density at radius 2 is 1.33 bits per heavy atom. The minimum atomic E-state index is -1.18. The van der Waals surface area contributed by atoms with Gasteiger partial charge in [0.15, 0.2) is 0 Å². The molecule has 0 heterocycles. The number of rotatable bonds is 21. The number of allylic oxidation sites excluding steroid dienone is 2. The largest absolute Gasteiger partial charge is 0.481 e. The zero-order chi connectivity index (χ0) is 24.4. The molecule has 0 aromatic heterocycles. The molecule has 5 heteroatoms. The molecule has 0 radical (unpaired) electrons. The number of primary amides is 1. The number of amides is 1. The second-order valence-corrected chi connectivity index (χ2v) is 9.74. The van der Waals surface area contributed by atoms with E-state index in [-0.39, 0.29) is 0 Å². The number of nitrogens with two attached hydrogens (primary N) is 1. The average molecular weight is 463 g/mol. The van der Waals surface area contributed by atoms with E-state index in [1.165, 1.54) is 83.5 Å². The Balaban J connectivity index is 2.17. The summed E-state index contributed by atoms with van der Waals surface area (Å²) in [6, 6.07) is 0. The van der Waals surface area contributed by atoms with Crippen LogP contribution in [0.5, 0.6) is 0 Å². The van der Waals surface area contributed by atoms with E-state index in [4.69, 9.17) is 5.73 Å². The normalized spacial score (nSPS) is 19.9. The first kappa shape index (κ1) is 29.3. The van der Waals surface area contributed by atoms with Crippen LogP contribution < -0.4 is 11.1 Å². The number of carboxylic acid groups (broad SMARTS) is 1. The van der Waals surface area contributed by atoms with Crippen molar-refractivity contribution in [3.05, 3.63) is 23.9 Å². The van der Waals surface area contributed by atoms with E-state index < -0.39 is 23.2 Å². The molecule has 0 spiro atoms. The minimum absolute atomic E-state index is 0.432. The van der Waals surface area contributed by atoms with E-state index >= 15 is 0 Å². The van der Waals surface area contributed by atoms with Gasteiger partial charge < -0.3 is 16.2 Å². The molecule has 1 rings (SSSR count). The minimum Gasteiger partial charge on any atom is -0.481 e. The summed E-state index contributed by atoms with van der Waals surface area (Å²) in [4.78, 5) is 24.2. The highest BCUT2D eigenvalue weighted by atomic mass is 16.4. The van der Waals surface area contributed by atoms with E-state index in [9.17, 15) is 14.7 Å². The molecule has 2 atom stereocenters. The van der Waals surface area contributed by atoms with Gasteiger partial charge in [0.05, 0.1) is 5.92 Å². The van der Waals surface area contributed by atoms with E-state index in [1.54, 1.807) is 12.2 Å². The Morgan fingerprint density at radius 1 is 0.848 bits per heavy atom. The van der Waals surface area contributed by atoms with E-state index in [1.807, 2.05) is 13.0 Å². The Labute approximate surface area is 202 Å². The second kappa shape index (κ2) is 17.7. The Morgan fingerprint density at radius 3 is 1.76 bits per heavy atom. The zero-order valence-electron chi connectivity index (χ0n) is 21.4. The quantitative estimate of drug-likeness (QED) is 0.162. The number of unbranched alkanes of at least 4 members (excludes halogenated alkanes) is 14. The number of carbonyl (C=O) groups excluding carboxylic acids is 1. The molecule has 5 nitrogen and oxygen atoms in total. The van der Waals surface area contributed by atoms with Gasteiger partial charge in [-0.3, -0.25) is 9.59 Å². The maximum Gasteiger partial charge on any atom is 0.311 e. The first-order valence-corrected chi connectivity index (χ1v) is 13.7. The summed E-state index contributed by atoms with van der Waals surface area (Å²) >= 11 is 0. The number of hydrogen-bond donors (Lipinski definition) is 3. The van der Waals surface area contributed by atoms with Crippen LogP contribution in [0.1, 0.15) is 123 Å². The van der Waals surface area contributed by atoms with Gasteiger partial charge in [-0.15, -0.1) is 0 Å². The summed E-state index contributed by atoms with van der Waals surface area (Å²) in [5.41, 5.74) is 5.24. The van der Waals surface area contributed by atoms with Crippen LogP contribution in [-0.4, -0.2) is 23.5 Å². The van der Waals surface area contributed by atoms with Crippen molar-refractivity contribution in [2.24, 2.45) is 17.1 Å². The molecule has 1 aliphatic rings. The molecular formula is C28H50N2O3. The van der Waals surface area contributed by atoms with Crippen molar-refractivity contribution in [2.45, 2.75) is 123 Å². The van der Waals surface area contributed by atoms with Gasteiger partial charge in [-0.05, 0) is 18.9 Å². The number of nitrogens with one attached hydrogen (secondary N) is 1. The Bertz CT molecular complexity index is 614. The van der Waals surface area contributed by atoms with Crippen LogP contribution in [0.4, 0.5) is 0 Å². The summed E-state index contributed by atoms with van der Waals surface area (Å²) in [7, 11) is 0. The smallest absolute Gasteiger partial charge is 0.311 e. The highest BCUT2D eigenvalue weighted by molar-refractivity contribution is 5.91. The lowest BCUT2D eigenvalue weighted by Gasteiger charge is -2.39. The maximum atomic E-state index is 12.4. The van der Waals surface area contributed by atoms with Gasteiger partial charge in [-0.25, -0.2) is 0 Å². The third kappa shape index (κ3) is 10.4. The molecule has 0 aromatic carbocycles. The summed E-state index contributed by atoms with van der Waals surface area (Å²) in [6.45, 7) is 4.96. The van der Waals surface area contributed by atoms with Crippen LogP contribution in [0.25, 0.3) is 0 Å². The predicted molar refractivity (Wildman–Crippen MR) is 138 cm³/mol. The van der Waals surface area contributed by atoms with Gasteiger partial charge in [0, 0.05) is 12.2 Å². The second-order valence-electron chi connectivity index (χ2n) is 9.74. The van der Waals surface area contributed by atoms with Crippen molar-refractivity contribution in [3.63, 3.8) is 0 Å². The molecule has 4 N–H and O–H groups in total. The van der Waals surface area contributed by atoms with E-state index in [2.05, 4.69) is 12.2 Å². The first-order chi connectivity index (χ1) is 16.0. The lowest BCUT2D eigenvalue weighted by molar-refractivity contribution is -0.148. The maximum absolute atomic E-state index is 12.4. The lowest BCUT2D eigenvalue weighted by atomic mass is 9.66. The van der Waals surface area contributed by atoms with Crippen molar-refractivity contribution in [1.82, 2.24) is 5.32 Å². The fourth-order valence-electron chi connectivity index (χ4n) is 5.07. The number of aliphatic carboxylic acids is 1. The highest BCUT2D eigenvalue weighted by Crippen LogP contribution is 2.42. The molecule has 0 saturated carbocycles. The lowest BCUT2D eigenvalue weighted by Crippen LogP contribution is -2.51. The Kier molecular flexibility index (Phi) is 15.7. The van der Waals surface area contributed by atoms with Gasteiger partial charge in [0.1, 0.15) is 5.41 Å². The molecule has 1 amide bonds. The van der Waals surface area contributed by atoms with Crippen molar-refractivity contribution >= 4 is 11.9 Å². The summed E-state index contributed by atoms with van der Waals surface area (Å²) in [5.74, 6) is -2.47. The molecule has 0 fully saturated rings. The first-order valence-electron chi connectivity index (χ1n) is 13.7. The number of hydrogen-bond acceptors (Lipinski definition) is 3. The van der Waals surface area contributed by atoms with E-state index in [0.717, 1.165) is 19.4 Å². The van der Waals surface area contributed by atoms with Crippen molar-refractivity contribution in [3.8, 4) is 0 Å². The molecule has 0 aliphatic heterocycles. The van der Waals surface area contributed by atoms with Crippen molar-refractivity contribution in [2.75, 3.05) is 6.54 Å². The number of carboxylic acids is 1. The van der Waals surface area contributed by atoms with Gasteiger partial charge in [-0.2, -0.15) is 0 Å². The third-order valence-corrected chi connectivity index (χ3v) is 7.02. The van der Waals surface area contributed by atoms with Crippen LogP contribution in [0.3, 0.4) is 0 Å². The number of carbonyl (C=O) groups is 2. The van der Waals surface area contributed by atoms with Gasteiger partial charge in [0.25, 0.3) is 0 Å². The molecular weight excluding hydrogens is 412 g/mol. The standard InChI is InChI=1S/C28H50N2O3/c1-3-5-6-7-8-9-10-11-12-13-14-15-16-17-18-23-30-25-21-19-20-24(26(31)32)28(25,22-4-2)27(29)33/h19-21,24,30H,3-18,22-23H2,1-2H3,(H2,29,33)(H,31,32). The molecule has 1 aliphatic carbocycles. The van der Waals surface area contributed by atoms with Gasteiger partial charge in [-0.1, -0.05) is 122 Å². The van der Waals surface area contributed by atoms with Crippen LogP contribution >= 0.6 is 0 Å². The van der Waals surface area contributed by atoms with Crippen molar-refractivity contribution < 1.29 is 14.7 Å². The van der Waals surface area contributed by atoms with Crippen molar-refractivity contribution in [1.29, 1.82) is 0 Å². The molecule has 0 saturated heterocycles. The SMILES string of the molecule is CCCCCCCCCCCCCCCCCNC1=CC=CC(C(=O)O)C1(CCC)C(N)=O.